The number of rotatable bonds is 4. The fourth-order valence-corrected chi connectivity index (χ4v) is 3.58. The van der Waals surface area contributed by atoms with Crippen molar-refractivity contribution in [2.75, 3.05) is 0 Å². The van der Waals surface area contributed by atoms with E-state index in [0.717, 1.165) is 28.0 Å². The van der Waals surface area contributed by atoms with E-state index < -0.39 is 0 Å². The molecule has 3 nitrogen and oxygen atoms in total. The molecular weight excluding hydrogens is 389 g/mol. The number of benzene rings is 3. The van der Waals surface area contributed by atoms with E-state index in [0.29, 0.717) is 22.2 Å². The molecule has 0 aliphatic carbocycles. The van der Waals surface area contributed by atoms with Crippen molar-refractivity contribution in [2.45, 2.75) is 6.54 Å². The van der Waals surface area contributed by atoms with Crippen LogP contribution in [0, 0.1) is 11.3 Å². The van der Waals surface area contributed by atoms with Crippen LogP contribution in [0.3, 0.4) is 0 Å². The molecule has 0 saturated heterocycles. The van der Waals surface area contributed by atoms with Gasteiger partial charge in [0.25, 0.3) is 0 Å². The zero-order chi connectivity index (χ0) is 19.5. The Balaban J connectivity index is 1.76. The van der Waals surface area contributed by atoms with E-state index >= 15 is 0 Å². The molecule has 0 radical (unpaired) electrons. The van der Waals surface area contributed by atoms with E-state index in [1.54, 1.807) is 12.1 Å². The normalized spacial score (nSPS) is 11.2. The largest absolute Gasteiger partial charge is 0.320 e. The highest BCUT2D eigenvalue weighted by atomic mass is 35.5. The maximum absolute atomic E-state index is 9.17. The Morgan fingerprint density at radius 1 is 0.964 bits per heavy atom. The van der Waals surface area contributed by atoms with Crippen LogP contribution >= 0.6 is 23.2 Å². The van der Waals surface area contributed by atoms with Gasteiger partial charge in [0, 0.05) is 16.6 Å². The lowest BCUT2D eigenvalue weighted by atomic mass is 10.1. The van der Waals surface area contributed by atoms with Gasteiger partial charge in [-0.05, 0) is 59.7 Å². The minimum absolute atomic E-state index is 0.591. The third-order valence-corrected chi connectivity index (χ3v) is 5.02. The Bertz CT molecular complexity index is 1230. The van der Waals surface area contributed by atoms with Gasteiger partial charge in [-0.2, -0.15) is 5.26 Å². The number of nitrogens with zero attached hydrogens (tertiary/aromatic N) is 3. The van der Waals surface area contributed by atoms with Crippen molar-refractivity contribution < 1.29 is 0 Å². The van der Waals surface area contributed by atoms with Crippen LogP contribution in [-0.4, -0.2) is 9.55 Å². The predicted octanol–water partition coefficient (Wildman–Crippen LogP) is 6.43. The fourth-order valence-electron chi connectivity index (χ4n) is 3.11. The summed E-state index contributed by atoms with van der Waals surface area (Å²) in [6, 6.07) is 23.2. The molecule has 0 unspecified atom stereocenters. The molecule has 0 saturated carbocycles. The molecule has 0 amide bonds. The first-order valence-corrected chi connectivity index (χ1v) is 9.47. The SMILES string of the molecule is N#Cc1cccc(Cn2c(/C=C/c3ccc(Cl)cc3Cl)nc3ccccc32)c1. The molecule has 136 valence electrons. The first-order valence-electron chi connectivity index (χ1n) is 8.71. The average Bonchev–Trinajstić information content (AvgIpc) is 3.05. The van der Waals surface area contributed by atoms with Gasteiger partial charge in [0.1, 0.15) is 5.82 Å². The van der Waals surface area contributed by atoms with Crippen LogP contribution in [0.1, 0.15) is 22.5 Å². The molecule has 1 heterocycles. The highest BCUT2D eigenvalue weighted by Gasteiger charge is 2.09. The number of aromatic nitrogens is 2. The second kappa shape index (κ2) is 7.90. The molecule has 4 aromatic rings. The molecule has 0 bridgehead atoms. The van der Waals surface area contributed by atoms with Crippen molar-refractivity contribution in [2.24, 2.45) is 0 Å². The highest BCUT2D eigenvalue weighted by molar-refractivity contribution is 6.35. The molecule has 5 heteroatoms. The lowest BCUT2D eigenvalue weighted by molar-refractivity contribution is 0.813. The van der Waals surface area contributed by atoms with E-state index in [2.05, 4.69) is 10.6 Å². The van der Waals surface area contributed by atoms with Crippen molar-refractivity contribution in [3.8, 4) is 6.07 Å². The van der Waals surface area contributed by atoms with Crippen molar-refractivity contribution in [3.05, 3.63) is 99.3 Å². The Morgan fingerprint density at radius 2 is 1.82 bits per heavy atom. The predicted molar refractivity (Wildman–Crippen MR) is 115 cm³/mol. The van der Waals surface area contributed by atoms with Crippen molar-refractivity contribution in [1.29, 1.82) is 5.26 Å². The summed E-state index contributed by atoms with van der Waals surface area (Å²) in [5, 5.41) is 10.4. The maximum Gasteiger partial charge on any atom is 0.134 e. The number of hydrogen-bond acceptors (Lipinski definition) is 2. The van der Waals surface area contributed by atoms with Gasteiger partial charge in [0.15, 0.2) is 0 Å². The second-order valence-electron chi connectivity index (χ2n) is 6.36. The van der Waals surface area contributed by atoms with E-state index in [-0.39, 0.29) is 0 Å². The summed E-state index contributed by atoms with van der Waals surface area (Å²) in [6.07, 6.45) is 3.88. The molecule has 0 N–H and O–H groups in total. The lowest BCUT2D eigenvalue weighted by Gasteiger charge is -2.08. The summed E-state index contributed by atoms with van der Waals surface area (Å²) in [5.41, 5.74) is 4.51. The first-order chi connectivity index (χ1) is 13.6. The van der Waals surface area contributed by atoms with Gasteiger partial charge in [-0.1, -0.05) is 53.5 Å². The van der Waals surface area contributed by atoms with Crippen LogP contribution in [0.25, 0.3) is 23.2 Å². The molecule has 28 heavy (non-hydrogen) atoms. The Labute approximate surface area is 173 Å². The quantitative estimate of drug-likeness (QED) is 0.393. The lowest BCUT2D eigenvalue weighted by Crippen LogP contribution is -2.02. The van der Waals surface area contributed by atoms with Gasteiger partial charge in [0.2, 0.25) is 0 Å². The Hall–Kier alpha value is -3.06. The molecule has 0 atom stereocenters. The Kier molecular flexibility index (Phi) is 5.16. The van der Waals surface area contributed by atoms with Crippen LogP contribution in [0.2, 0.25) is 10.0 Å². The minimum atomic E-state index is 0.591. The molecule has 0 aliphatic heterocycles. The molecular formula is C23H15Cl2N3. The molecule has 0 fully saturated rings. The van der Waals surface area contributed by atoms with Crippen LogP contribution < -0.4 is 0 Å². The van der Waals surface area contributed by atoms with Gasteiger partial charge < -0.3 is 4.57 Å². The van der Waals surface area contributed by atoms with Crippen LogP contribution in [0.15, 0.2) is 66.7 Å². The van der Waals surface area contributed by atoms with Crippen molar-refractivity contribution in [3.63, 3.8) is 0 Å². The molecule has 4 rings (SSSR count). The maximum atomic E-state index is 9.17. The summed E-state index contributed by atoms with van der Waals surface area (Å²) >= 11 is 12.3. The number of hydrogen-bond donors (Lipinski definition) is 0. The van der Waals surface area contributed by atoms with Crippen LogP contribution in [0.4, 0.5) is 0 Å². The van der Waals surface area contributed by atoms with Crippen LogP contribution in [0.5, 0.6) is 0 Å². The minimum Gasteiger partial charge on any atom is -0.320 e. The number of para-hydroxylation sites is 2. The van der Waals surface area contributed by atoms with Crippen LogP contribution in [-0.2, 0) is 6.54 Å². The highest BCUT2D eigenvalue weighted by Crippen LogP contribution is 2.24. The van der Waals surface area contributed by atoms with E-state index in [1.807, 2.05) is 66.7 Å². The monoisotopic (exact) mass is 403 g/mol. The zero-order valence-corrected chi connectivity index (χ0v) is 16.3. The van der Waals surface area contributed by atoms with E-state index in [4.69, 9.17) is 33.4 Å². The Morgan fingerprint density at radius 3 is 2.64 bits per heavy atom. The number of fused-ring (bicyclic) bond motifs is 1. The third-order valence-electron chi connectivity index (χ3n) is 4.46. The summed E-state index contributed by atoms with van der Waals surface area (Å²) in [6.45, 7) is 0.615. The average molecular weight is 404 g/mol. The van der Waals surface area contributed by atoms with Gasteiger partial charge >= 0.3 is 0 Å². The number of halogens is 2. The van der Waals surface area contributed by atoms with E-state index in [1.165, 1.54) is 0 Å². The first kappa shape index (κ1) is 18.3. The van der Waals surface area contributed by atoms with Crippen molar-refractivity contribution >= 4 is 46.4 Å². The zero-order valence-electron chi connectivity index (χ0n) is 14.8. The summed E-state index contributed by atoms with van der Waals surface area (Å²) in [7, 11) is 0. The molecule has 3 aromatic carbocycles. The summed E-state index contributed by atoms with van der Waals surface area (Å²) in [5.74, 6) is 0.814. The van der Waals surface area contributed by atoms with Gasteiger partial charge in [-0.15, -0.1) is 0 Å². The standard InChI is InChI=1S/C23H15Cl2N3/c24-19-10-8-18(20(25)13-19)9-11-23-27-21-6-1-2-7-22(21)28(23)15-17-5-3-4-16(12-17)14-26/h1-13H,15H2/b11-9+. The topological polar surface area (TPSA) is 41.6 Å². The molecule has 0 spiro atoms. The van der Waals surface area contributed by atoms with Gasteiger partial charge in [-0.25, -0.2) is 4.98 Å². The fraction of sp³-hybridized carbons (Fsp3) is 0.0435. The number of imidazole rings is 1. The third kappa shape index (κ3) is 3.80. The second-order valence-corrected chi connectivity index (χ2v) is 7.20. The molecule has 1 aromatic heterocycles. The van der Waals surface area contributed by atoms with Gasteiger partial charge in [0.05, 0.1) is 22.7 Å². The van der Waals surface area contributed by atoms with Crippen molar-refractivity contribution in [1.82, 2.24) is 9.55 Å². The molecule has 0 aliphatic rings. The summed E-state index contributed by atoms with van der Waals surface area (Å²) in [4.78, 5) is 4.76. The van der Waals surface area contributed by atoms with Gasteiger partial charge in [-0.3, -0.25) is 0 Å². The number of nitriles is 1. The smallest absolute Gasteiger partial charge is 0.134 e. The van der Waals surface area contributed by atoms with E-state index in [9.17, 15) is 0 Å². The summed E-state index contributed by atoms with van der Waals surface area (Å²) < 4.78 is 2.13.